The van der Waals surface area contributed by atoms with Gasteiger partial charge in [0.1, 0.15) is 11.6 Å². The number of hydrogen-bond acceptors (Lipinski definition) is 4. The topological polar surface area (TPSA) is 51.0 Å². The van der Waals surface area contributed by atoms with Gasteiger partial charge in [0.05, 0.1) is 11.8 Å². The Bertz CT molecular complexity index is 1260. The van der Waals surface area contributed by atoms with Gasteiger partial charge >= 0.3 is 0 Å². The highest BCUT2D eigenvalue weighted by atomic mass is 32.2. The van der Waals surface area contributed by atoms with E-state index in [9.17, 15) is 13.6 Å². The Hall–Kier alpha value is -3.52. The maximum absolute atomic E-state index is 13.5. The van der Waals surface area contributed by atoms with Gasteiger partial charge in [-0.2, -0.15) is 0 Å². The van der Waals surface area contributed by atoms with Gasteiger partial charge in [0.25, 0.3) is 0 Å². The van der Waals surface area contributed by atoms with Crippen molar-refractivity contribution in [3.8, 4) is 11.4 Å². The zero-order valence-corrected chi connectivity index (χ0v) is 19.7. The van der Waals surface area contributed by atoms with Crippen LogP contribution >= 0.6 is 11.8 Å². The van der Waals surface area contributed by atoms with Crippen molar-refractivity contribution < 1.29 is 13.6 Å². The summed E-state index contributed by atoms with van der Waals surface area (Å²) in [5.74, 6) is -0.165. The van der Waals surface area contributed by atoms with Crippen molar-refractivity contribution in [3.05, 3.63) is 102 Å². The van der Waals surface area contributed by atoms with E-state index in [-0.39, 0.29) is 17.5 Å². The van der Waals surface area contributed by atoms with Crippen LogP contribution in [0.3, 0.4) is 0 Å². The number of rotatable bonds is 8. The molecule has 1 atom stereocenters. The number of benzene rings is 3. The van der Waals surface area contributed by atoms with Crippen LogP contribution in [0.1, 0.15) is 18.1 Å². The molecule has 1 heterocycles. The van der Waals surface area contributed by atoms with Crippen LogP contribution in [-0.4, -0.2) is 37.9 Å². The van der Waals surface area contributed by atoms with Gasteiger partial charge < -0.3 is 4.90 Å². The van der Waals surface area contributed by atoms with Crippen LogP contribution in [0, 0.1) is 11.6 Å². The molecule has 0 N–H and O–H groups in total. The summed E-state index contributed by atoms with van der Waals surface area (Å²) in [6, 6.07) is 22.2. The molecule has 4 rings (SSSR count). The highest BCUT2D eigenvalue weighted by Crippen LogP contribution is 2.29. The highest BCUT2D eigenvalue weighted by Gasteiger charge is 2.23. The Kier molecular flexibility index (Phi) is 7.37. The number of amides is 1. The SMILES string of the molecule is CC(Sc1nnc(-c2ccc(F)cc2)n1Cc1ccccc1)C(=O)N(C)Cc1cccc(F)c1. The van der Waals surface area contributed by atoms with Crippen LogP contribution in [0.15, 0.2) is 84.0 Å². The molecule has 0 aliphatic carbocycles. The lowest BCUT2D eigenvalue weighted by Crippen LogP contribution is -2.33. The Morgan fingerprint density at radius 3 is 2.35 bits per heavy atom. The van der Waals surface area contributed by atoms with E-state index in [2.05, 4.69) is 10.2 Å². The van der Waals surface area contributed by atoms with Gasteiger partial charge in [-0.15, -0.1) is 10.2 Å². The second-order valence-corrected chi connectivity index (χ2v) is 9.28. The zero-order chi connectivity index (χ0) is 24.1. The molecule has 0 spiro atoms. The lowest BCUT2D eigenvalue weighted by atomic mass is 10.2. The first-order valence-corrected chi connectivity index (χ1v) is 11.7. The van der Waals surface area contributed by atoms with E-state index in [4.69, 9.17) is 0 Å². The fourth-order valence-corrected chi connectivity index (χ4v) is 4.57. The van der Waals surface area contributed by atoms with E-state index in [1.54, 1.807) is 36.2 Å². The highest BCUT2D eigenvalue weighted by molar-refractivity contribution is 8.00. The van der Waals surface area contributed by atoms with Crippen molar-refractivity contribution in [2.45, 2.75) is 30.4 Å². The summed E-state index contributed by atoms with van der Waals surface area (Å²) < 4.78 is 28.9. The van der Waals surface area contributed by atoms with E-state index < -0.39 is 5.25 Å². The van der Waals surface area contributed by atoms with Crippen molar-refractivity contribution in [1.82, 2.24) is 19.7 Å². The van der Waals surface area contributed by atoms with Crippen LogP contribution < -0.4 is 0 Å². The fourth-order valence-electron chi connectivity index (χ4n) is 3.60. The number of thioether (sulfide) groups is 1. The van der Waals surface area contributed by atoms with Gasteiger partial charge in [-0.3, -0.25) is 9.36 Å². The van der Waals surface area contributed by atoms with Crippen LogP contribution in [0.2, 0.25) is 0 Å². The molecule has 0 saturated heterocycles. The molecule has 3 aromatic carbocycles. The smallest absolute Gasteiger partial charge is 0.235 e. The molecule has 0 saturated carbocycles. The van der Waals surface area contributed by atoms with E-state index in [1.165, 1.54) is 36.0 Å². The first kappa shape index (κ1) is 23.6. The molecule has 8 heteroatoms. The summed E-state index contributed by atoms with van der Waals surface area (Å²) in [6.45, 7) is 2.62. The lowest BCUT2D eigenvalue weighted by Gasteiger charge is -2.21. The number of nitrogens with zero attached hydrogens (tertiary/aromatic N) is 4. The number of carbonyl (C=O) groups is 1. The average molecular weight is 479 g/mol. The summed E-state index contributed by atoms with van der Waals surface area (Å²) in [6.07, 6.45) is 0. The van der Waals surface area contributed by atoms with Crippen LogP contribution in [-0.2, 0) is 17.9 Å². The van der Waals surface area contributed by atoms with Gasteiger partial charge in [0.2, 0.25) is 5.91 Å². The van der Waals surface area contributed by atoms with Gasteiger partial charge in [0, 0.05) is 19.2 Å². The normalized spacial score (nSPS) is 11.9. The Morgan fingerprint density at radius 2 is 1.65 bits per heavy atom. The molecule has 0 aliphatic heterocycles. The van der Waals surface area contributed by atoms with Crippen molar-refractivity contribution >= 4 is 17.7 Å². The Labute approximate surface area is 201 Å². The lowest BCUT2D eigenvalue weighted by molar-refractivity contribution is -0.129. The molecular weight excluding hydrogens is 454 g/mol. The van der Waals surface area contributed by atoms with E-state index >= 15 is 0 Å². The van der Waals surface area contributed by atoms with Crippen molar-refractivity contribution in [2.24, 2.45) is 0 Å². The van der Waals surface area contributed by atoms with Crippen molar-refractivity contribution in [2.75, 3.05) is 7.05 Å². The van der Waals surface area contributed by atoms with Gasteiger partial charge in [-0.1, -0.05) is 54.2 Å². The molecule has 0 bridgehead atoms. The number of hydrogen-bond donors (Lipinski definition) is 0. The zero-order valence-electron chi connectivity index (χ0n) is 18.9. The van der Waals surface area contributed by atoms with Crippen molar-refractivity contribution in [3.63, 3.8) is 0 Å². The molecule has 0 radical (unpaired) electrons. The maximum atomic E-state index is 13.5. The summed E-state index contributed by atoms with van der Waals surface area (Å²) in [7, 11) is 1.70. The third kappa shape index (κ3) is 5.69. The minimum Gasteiger partial charge on any atom is -0.340 e. The molecule has 5 nitrogen and oxygen atoms in total. The van der Waals surface area contributed by atoms with Crippen LogP contribution in [0.4, 0.5) is 8.78 Å². The Balaban J connectivity index is 1.56. The second kappa shape index (κ2) is 10.6. The molecule has 0 fully saturated rings. The summed E-state index contributed by atoms with van der Waals surface area (Å²) in [5, 5.41) is 8.84. The van der Waals surface area contributed by atoms with Gasteiger partial charge in [-0.05, 0) is 54.4 Å². The number of aromatic nitrogens is 3. The van der Waals surface area contributed by atoms with Gasteiger partial charge in [0.15, 0.2) is 11.0 Å². The molecule has 34 heavy (non-hydrogen) atoms. The first-order valence-electron chi connectivity index (χ1n) is 10.8. The quantitative estimate of drug-likeness (QED) is 0.318. The molecule has 1 amide bonds. The summed E-state index contributed by atoms with van der Waals surface area (Å²) in [4.78, 5) is 14.6. The molecular formula is C26H24F2N4OS. The Morgan fingerprint density at radius 1 is 0.941 bits per heavy atom. The number of carbonyl (C=O) groups excluding carboxylic acids is 1. The minimum atomic E-state index is -0.446. The monoisotopic (exact) mass is 478 g/mol. The molecule has 0 aliphatic rings. The minimum absolute atomic E-state index is 0.105. The van der Waals surface area contributed by atoms with E-state index in [0.717, 1.165) is 16.7 Å². The molecule has 174 valence electrons. The number of halogens is 2. The average Bonchev–Trinajstić information content (AvgIpc) is 3.21. The molecule has 4 aromatic rings. The standard InChI is InChI=1S/C26H24F2N4OS/c1-18(25(33)31(2)16-20-9-6-10-23(28)15-20)34-26-30-29-24(21-11-13-22(27)14-12-21)32(26)17-19-7-4-3-5-8-19/h3-15,18H,16-17H2,1-2H3. The van der Waals surface area contributed by atoms with E-state index in [0.29, 0.717) is 24.1 Å². The first-order chi connectivity index (χ1) is 16.4. The predicted molar refractivity (Wildman–Crippen MR) is 129 cm³/mol. The third-order valence-electron chi connectivity index (χ3n) is 5.32. The van der Waals surface area contributed by atoms with E-state index in [1.807, 2.05) is 41.8 Å². The van der Waals surface area contributed by atoms with Crippen LogP contribution in [0.25, 0.3) is 11.4 Å². The molecule has 1 aromatic heterocycles. The fraction of sp³-hybridized carbons (Fsp3) is 0.192. The maximum Gasteiger partial charge on any atom is 0.235 e. The largest absolute Gasteiger partial charge is 0.340 e. The molecule has 1 unspecified atom stereocenters. The predicted octanol–water partition coefficient (Wildman–Crippen LogP) is 5.41. The second-order valence-electron chi connectivity index (χ2n) is 7.97. The third-order valence-corrected chi connectivity index (χ3v) is 6.39. The summed E-state index contributed by atoms with van der Waals surface area (Å²) >= 11 is 1.31. The van der Waals surface area contributed by atoms with Gasteiger partial charge in [-0.25, -0.2) is 8.78 Å². The van der Waals surface area contributed by atoms with Crippen molar-refractivity contribution in [1.29, 1.82) is 0 Å². The summed E-state index contributed by atoms with van der Waals surface area (Å²) in [5.41, 5.74) is 2.51. The van der Waals surface area contributed by atoms with Crippen LogP contribution in [0.5, 0.6) is 0 Å².